The molecule has 0 aliphatic carbocycles. The van der Waals surface area contributed by atoms with Crippen molar-refractivity contribution in [2.45, 2.75) is 0 Å². The summed E-state index contributed by atoms with van der Waals surface area (Å²) in [6.45, 7) is 0. The molecule has 0 bridgehead atoms. The minimum absolute atomic E-state index is 0.597. The third-order valence-electron chi connectivity index (χ3n) is 10.6. The van der Waals surface area contributed by atoms with Gasteiger partial charge in [-0.25, -0.2) is 15.0 Å². The van der Waals surface area contributed by atoms with Crippen LogP contribution in [0.25, 0.3) is 110 Å². The van der Waals surface area contributed by atoms with E-state index in [0.29, 0.717) is 17.5 Å². The smallest absolute Gasteiger partial charge is 0.164 e. The van der Waals surface area contributed by atoms with E-state index in [4.69, 9.17) is 19.4 Å². The van der Waals surface area contributed by atoms with Gasteiger partial charge in [0.1, 0.15) is 11.2 Å². The van der Waals surface area contributed by atoms with E-state index in [0.717, 1.165) is 55.3 Å². The molecule has 4 nitrogen and oxygen atoms in total. The van der Waals surface area contributed by atoms with Crippen molar-refractivity contribution in [3.63, 3.8) is 0 Å². The molecule has 56 heavy (non-hydrogen) atoms. The Morgan fingerprint density at radius 1 is 0.339 bits per heavy atom. The lowest BCUT2D eigenvalue weighted by atomic mass is 9.94. The Morgan fingerprint density at radius 3 is 1.77 bits per heavy atom. The lowest BCUT2D eigenvalue weighted by Crippen LogP contribution is -2.00. The summed E-state index contributed by atoms with van der Waals surface area (Å²) >= 11 is 1.85. The van der Waals surface area contributed by atoms with Gasteiger partial charge in [0, 0.05) is 47.6 Å². The third-order valence-corrected chi connectivity index (χ3v) is 11.8. The van der Waals surface area contributed by atoms with E-state index >= 15 is 0 Å². The maximum atomic E-state index is 6.68. The highest BCUT2D eigenvalue weighted by Gasteiger charge is 2.20. The fraction of sp³-hybridized carbons (Fsp3) is 0. The molecule has 3 aromatic heterocycles. The minimum Gasteiger partial charge on any atom is -0.456 e. The zero-order chi connectivity index (χ0) is 37.0. The highest BCUT2D eigenvalue weighted by molar-refractivity contribution is 7.26. The molecule has 0 atom stereocenters. The Morgan fingerprint density at radius 2 is 0.964 bits per heavy atom. The van der Waals surface area contributed by atoms with Gasteiger partial charge in [-0.1, -0.05) is 158 Å². The number of thiophene rings is 1. The van der Waals surface area contributed by atoms with E-state index in [1.807, 2.05) is 59.9 Å². The Kier molecular flexibility index (Phi) is 7.64. The van der Waals surface area contributed by atoms with Gasteiger partial charge in [0.25, 0.3) is 0 Å². The number of benzene rings is 8. The number of hydrogen-bond acceptors (Lipinski definition) is 5. The number of hydrogen-bond donors (Lipinski definition) is 0. The second kappa shape index (κ2) is 13.3. The molecule has 262 valence electrons. The van der Waals surface area contributed by atoms with E-state index in [2.05, 4.69) is 140 Å². The lowest BCUT2D eigenvalue weighted by molar-refractivity contribution is 0.669. The fourth-order valence-electron chi connectivity index (χ4n) is 7.90. The molecule has 0 unspecified atom stereocenters. The molecule has 0 N–H and O–H groups in total. The summed E-state index contributed by atoms with van der Waals surface area (Å²) in [6.07, 6.45) is 0. The first-order chi connectivity index (χ1) is 27.7. The van der Waals surface area contributed by atoms with Crippen LogP contribution in [0.1, 0.15) is 0 Å². The average molecular weight is 734 g/mol. The van der Waals surface area contributed by atoms with Crippen LogP contribution < -0.4 is 0 Å². The second-order valence-electron chi connectivity index (χ2n) is 13.9. The highest BCUT2D eigenvalue weighted by atomic mass is 32.1. The molecule has 11 rings (SSSR count). The van der Waals surface area contributed by atoms with Crippen LogP contribution in [0.4, 0.5) is 0 Å². The molecule has 0 radical (unpaired) electrons. The van der Waals surface area contributed by atoms with Gasteiger partial charge < -0.3 is 4.42 Å². The zero-order valence-electron chi connectivity index (χ0n) is 30.1. The van der Waals surface area contributed by atoms with Crippen molar-refractivity contribution in [3.05, 3.63) is 188 Å². The van der Waals surface area contributed by atoms with Gasteiger partial charge in [-0.3, -0.25) is 0 Å². The van der Waals surface area contributed by atoms with Crippen LogP contribution in [0.3, 0.4) is 0 Å². The van der Waals surface area contributed by atoms with Crippen LogP contribution in [0.2, 0.25) is 0 Å². The zero-order valence-corrected chi connectivity index (χ0v) is 30.9. The summed E-state index contributed by atoms with van der Waals surface area (Å²) in [5.41, 5.74) is 11.4. The molecule has 11 aromatic rings. The van der Waals surface area contributed by atoms with Crippen molar-refractivity contribution in [1.29, 1.82) is 0 Å². The number of furan rings is 1. The largest absolute Gasteiger partial charge is 0.456 e. The molecule has 0 aliphatic rings. The van der Waals surface area contributed by atoms with Crippen LogP contribution in [0, 0.1) is 0 Å². The first-order valence-corrected chi connectivity index (χ1v) is 19.5. The molecular weight excluding hydrogens is 703 g/mol. The summed E-state index contributed by atoms with van der Waals surface area (Å²) < 4.78 is 9.24. The number of fused-ring (bicyclic) bond motifs is 6. The van der Waals surface area contributed by atoms with Gasteiger partial charge >= 0.3 is 0 Å². The minimum atomic E-state index is 0.597. The van der Waals surface area contributed by atoms with Crippen molar-refractivity contribution in [2.75, 3.05) is 0 Å². The predicted molar refractivity (Wildman–Crippen MR) is 233 cm³/mol. The average Bonchev–Trinajstić information content (AvgIpc) is 3.86. The molecule has 5 heteroatoms. The van der Waals surface area contributed by atoms with Crippen LogP contribution >= 0.6 is 11.3 Å². The molecule has 0 fully saturated rings. The third kappa shape index (κ3) is 5.48. The van der Waals surface area contributed by atoms with Crippen LogP contribution in [0.5, 0.6) is 0 Å². The molecule has 0 spiro atoms. The van der Waals surface area contributed by atoms with E-state index in [1.54, 1.807) is 0 Å². The lowest BCUT2D eigenvalue weighted by Gasteiger charge is -2.10. The Hall–Kier alpha value is -7.21. The monoisotopic (exact) mass is 733 g/mol. The van der Waals surface area contributed by atoms with Crippen molar-refractivity contribution in [2.24, 2.45) is 0 Å². The van der Waals surface area contributed by atoms with Gasteiger partial charge in [0.05, 0.1) is 0 Å². The van der Waals surface area contributed by atoms with Crippen molar-refractivity contribution in [1.82, 2.24) is 15.0 Å². The summed E-state index contributed by atoms with van der Waals surface area (Å²) in [6, 6.07) is 65.5. The molecule has 8 aromatic carbocycles. The molecule has 0 amide bonds. The van der Waals surface area contributed by atoms with E-state index in [1.165, 1.54) is 36.9 Å². The topological polar surface area (TPSA) is 51.8 Å². The van der Waals surface area contributed by atoms with Crippen LogP contribution in [-0.2, 0) is 0 Å². The van der Waals surface area contributed by atoms with Crippen molar-refractivity contribution < 1.29 is 4.42 Å². The predicted octanol–water partition coefficient (Wildman–Crippen LogP) is 14.1. The number of rotatable bonds is 6. The first-order valence-electron chi connectivity index (χ1n) is 18.7. The van der Waals surface area contributed by atoms with Crippen LogP contribution in [-0.4, -0.2) is 15.0 Å². The van der Waals surface area contributed by atoms with Gasteiger partial charge in [0.2, 0.25) is 0 Å². The molecular formula is C51H31N3OS. The molecule has 0 saturated carbocycles. The number of nitrogens with zero attached hydrogens (tertiary/aromatic N) is 3. The standard InChI is InChI=1S/C51H31N3OS/c1-4-14-32(15-5-1)35-20-12-21-37(30-35)50-52-49(34-18-8-3-9-19-34)53-51(54-50)42-23-13-24-43-46(42)40-27-26-36(31-44(40)55-43)38-28-29-39(33-16-6-2-7-17-33)48-47(38)41-22-10-11-25-45(41)56-48/h1-31H. The quantitative estimate of drug-likeness (QED) is 0.171. The molecule has 3 heterocycles. The van der Waals surface area contributed by atoms with E-state index in [9.17, 15) is 0 Å². The summed E-state index contributed by atoms with van der Waals surface area (Å²) in [7, 11) is 0. The van der Waals surface area contributed by atoms with Gasteiger partial charge in [-0.2, -0.15) is 0 Å². The maximum absolute atomic E-state index is 6.68. The van der Waals surface area contributed by atoms with E-state index < -0.39 is 0 Å². The summed E-state index contributed by atoms with van der Waals surface area (Å²) in [5.74, 6) is 1.83. The normalized spacial score (nSPS) is 11.6. The first kappa shape index (κ1) is 32.2. The molecule has 0 aliphatic heterocycles. The van der Waals surface area contributed by atoms with Crippen molar-refractivity contribution in [3.8, 4) is 67.5 Å². The van der Waals surface area contributed by atoms with Gasteiger partial charge in [-0.05, 0) is 63.7 Å². The fourth-order valence-corrected chi connectivity index (χ4v) is 9.17. The molecule has 0 saturated heterocycles. The summed E-state index contributed by atoms with van der Waals surface area (Å²) in [5, 5.41) is 4.53. The van der Waals surface area contributed by atoms with Crippen molar-refractivity contribution >= 4 is 53.4 Å². The SMILES string of the molecule is c1ccc(-c2cccc(-c3nc(-c4ccccc4)nc(-c4cccc5oc6cc(-c7ccc(-c8ccccc8)c8sc9ccccc9c78)ccc6c45)n3)c2)cc1. The Bertz CT molecular complexity index is 3240. The highest BCUT2D eigenvalue weighted by Crippen LogP contribution is 2.46. The van der Waals surface area contributed by atoms with Crippen LogP contribution in [0.15, 0.2) is 192 Å². The Labute approximate surface area is 327 Å². The van der Waals surface area contributed by atoms with Gasteiger partial charge in [0.15, 0.2) is 17.5 Å². The van der Waals surface area contributed by atoms with E-state index in [-0.39, 0.29) is 0 Å². The second-order valence-corrected chi connectivity index (χ2v) is 15.0. The maximum Gasteiger partial charge on any atom is 0.164 e. The number of aromatic nitrogens is 3. The summed E-state index contributed by atoms with van der Waals surface area (Å²) in [4.78, 5) is 15.3. The van der Waals surface area contributed by atoms with Gasteiger partial charge in [-0.15, -0.1) is 11.3 Å². The Balaban J connectivity index is 1.08.